The number of benzene rings is 2. The van der Waals surface area contributed by atoms with E-state index in [4.69, 9.17) is 0 Å². The third-order valence-corrected chi connectivity index (χ3v) is 4.55. The number of hydrogen-bond donors (Lipinski definition) is 2. The van der Waals surface area contributed by atoms with Gasteiger partial charge in [0.1, 0.15) is 0 Å². The molecule has 0 saturated carbocycles. The maximum absolute atomic E-state index is 11.9. The van der Waals surface area contributed by atoms with Crippen LogP contribution < -0.4 is 10.0 Å². The van der Waals surface area contributed by atoms with Crippen molar-refractivity contribution in [3.63, 3.8) is 0 Å². The van der Waals surface area contributed by atoms with Gasteiger partial charge >= 0.3 is 0 Å². The van der Waals surface area contributed by atoms with Gasteiger partial charge in [0.05, 0.1) is 11.3 Å². The molecule has 0 unspecified atom stereocenters. The largest absolute Gasteiger partial charge is 0.326 e. The lowest BCUT2D eigenvalue weighted by atomic mass is 10.1. The van der Waals surface area contributed by atoms with Crippen LogP contribution in [0.25, 0.3) is 0 Å². The summed E-state index contributed by atoms with van der Waals surface area (Å²) in [6, 6.07) is 15.5. The Morgan fingerprint density at radius 3 is 2.23 bits per heavy atom. The van der Waals surface area contributed by atoms with Gasteiger partial charge < -0.3 is 5.32 Å². The summed E-state index contributed by atoms with van der Waals surface area (Å²) in [4.78, 5) is 12.1. The number of sulfonamides is 1. The third kappa shape index (κ3) is 4.41. The molecule has 0 atom stereocenters. The van der Waals surface area contributed by atoms with Crippen LogP contribution in [0, 0.1) is 0 Å². The molecule has 0 saturated heterocycles. The molecular weight excluding hydrogens is 300 g/mol. The fourth-order valence-electron chi connectivity index (χ4n) is 1.98. The first-order valence-electron chi connectivity index (χ1n) is 6.95. The van der Waals surface area contributed by atoms with E-state index in [0.717, 1.165) is 5.56 Å². The van der Waals surface area contributed by atoms with Gasteiger partial charge in [0, 0.05) is 12.2 Å². The first kappa shape index (κ1) is 16.2. The molecule has 2 N–H and O–H groups in total. The van der Waals surface area contributed by atoms with E-state index in [1.807, 2.05) is 30.3 Å². The van der Waals surface area contributed by atoms with Crippen LogP contribution in [0.2, 0.25) is 0 Å². The van der Waals surface area contributed by atoms with Crippen LogP contribution in [-0.2, 0) is 21.2 Å². The molecule has 116 valence electrons. The molecule has 0 bridgehead atoms. The van der Waals surface area contributed by atoms with Gasteiger partial charge in [0.15, 0.2) is 0 Å². The minimum atomic E-state index is -3.47. The summed E-state index contributed by atoms with van der Waals surface area (Å²) in [7, 11) is -3.47. The van der Waals surface area contributed by atoms with Crippen LogP contribution in [0.3, 0.4) is 0 Å². The summed E-state index contributed by atoms with van der Waals surface area (Å²) in [5.41, 5.74) is 1.49. The highest BCUT2D eigenvalue weighted by atomic mass is 32.2. The van der Waals surface area contributed by atoms with Crippen molar-refractivity contribution in [2.75, 3.05) is 11.9 Å². The van der Waals surface area contributed by atoms with Gasteiger partial charge in [-0.2, -0.15) is 0 Å². The minimum absolute atomic E-state index is 0.145. The predicted molar refractivity (Wildman–Crippen MR) is 86.1 cm³/mol. The van der Waals surface area contributed by atoms with Crippen molar-refractivity contribution in [3.8, 4) is 0 Å². The van der Waals surface area contributed by atoms with E-state index < -0.39 is 10.0 Å². The highest BCUT2D eigenvalue weighted by Gasteiger charge is 2.12. The van der Waals surface area contributed by atoms with E-state index in [9.17, 15) is 13.2 Å². The van der Waals surface area contributed by atoms with E-state index in [1.165, 1.54) is 12.1 Å². The molecular formula is C16H18N2O3S. The molecule has 0 aromatic heterocycles. The van der Waals surface area contributed by atoms with Gasteiger partial charge in [-0.15, -0.1) is 0 Å². The zero-order valence-corrected chi connectivity index (χ0v) is 13.1. The van der Waals surface area contributed by atoms with Crippen molar-refractivity contribution in [1.82, 2.24) is 4.72 Å². The van der Waals surface area contributed by atoms with E-state index in [1.54, 1.807) is 19.1 Å². The molecule has 0 radical (unpaired) electrons. The second kappa shape index (κ2) is 7.20. The molecule has 5 nitrogen and oxygen atoms in total. The molecule has 0 heterocycles. The van der Waals surface area contributed by atoms with Gasteiger partial charge in [-0.25, -0.2) is 13.1 Å². The van der Waals surface area contributed by atoms with Crippen molar-refractivity contribution >= 4 is 21.6 Å². The Labute approximate surface area is 130 Å². The normalized spacial score (nSPS) is 11.1. The number of anilines is 1. The quantitative estimate of drug-likeness (QED) is 0.857. The van der Waals surface area contributed by atoms with Crippen molar-refractivity contribution in [2.24, 2.45) is 0 Å². The van der Waals surface area contributed by atoms with Gasteiger partial charge in [-0.1, -0.05) is 37.3 Å². The first-order chi connectivity index (χ1) is 10.5. The lowest BCUT2D eigenvalue weighted by Gasteiger charge is -2.07. The lowest BCUT2D eigenvalue weighted by molar-refractivity contribution is -0.115. The number of hydrogen-bond acceptors (Lipinski definition) is 3. The fourth-order valence-corrected chi connectivity index (χ4v) is 3.02. The Morgan fingerprint density at radius 2 is 1.64 bits per heavy atom. The summed E-state index contributed by atoms with van der Waals surface area (Å²) >= 11 is 0. The van der Waals surface area contributed by atoms with Crippen molar-refractivity contribution in [2.45, 2.75) is 18.2 Å². The Bertz CT molecular complexity index is 726. The molecule has 0 fully saturated rings. The Morgan fingerprint density at radius 1 is 1.00 bits per heavy atom. The SMILES string of the molecule is CCNS(=O)(=O)c1ccc(NC(=O)Cc2ccccc2)cc1. The molecule has 0 aliphatic heterocycles. The maximum Gasteiger partial charge on any atom is 0.240 e. The third-order valence-electron chi connectivity index (χ3n) is 2.99. The molecule has 0 spiro atoms. The summed E-state index contributed by atoms with van der Waals surface area (Å²) in [5.74, 6) is -0.145. The molecule has 6 heteroatoms. The second-order valence-corrected chi connectivity index (χ2v) is 6.50. The Balaban J connectivity index is 2.01. The molecule has 22 heavy (non-hydrogen) atoms. The van der Waals surface area contributed by atoms with Gasteiger partial charge in [-0.3, -0.25) is 4.79 Å². The minimum Gasteiger partial charge on any atom is -0.326 e. The highest BCUT2D eigenvalue weighted by Crippen LogP contribution is 2.14. The number of amides is 1. The maximum atomic E-state index is 11.9. The van der Waals surface area contributed by atoms with Crippen LogP contribution in [0.4, 0.5) is 5.69 Å². The number of carbonyl (C=O) groups is 1. The molecule has 2 rings (SSSR count). The fraction of sp³-hybridized carbons (Fsp3) is 0.188. The predicted octanol–water partition coefficient (Wildman–Crippen LogP) is 2.17. The lowest BCUT2D eigenvalue weighted by Crippen LogP contribution is -2.23. The van der Waals surface area contributed by atoms with Crippen LogP contribution >= 0.6 is 0 Å². The topological polar surface area (TPSA) is 75.3 Å². The molecule has 1 amide bonds. The highest BCUT2D eigenvalue weighted by molar-refractivity contribution is 7.89. The molecule has 0 aliphatic carbocycles. The van der Waals surface area contributed by atoms with Gasteiger partial charge in [0.2, 0.25) is 15.9 Å². The van der Waals surface area contributed by atoms with Gasteiger partial charge in [0.25, 0.3) is 0 Å². The van der Waals surface area contributed by atoms with Gasteiger partial charge in [-0.05, 0) is 29.8 Å². The van der Waals surface area contributed by atoms with E-state index >= 15 is 0 Å². The Kier molecular flexibility index (Phi) is 5.30. The summed E-state index contributed by atoms with van der Waals surface area (Å²) in [6.07, 6.45) is 0.276. The van der Waals surface area contributed by atoms with E-state index in [-0.39, 0.29) is 17.2 Å². The number of nitrogens with one attached hydrogen (secondary N) is 2. The van der Waals surface area contributed by atoms with Crippen LogP contribution in [0.5, 0.6) is 0 Å². The van der Waals surface area contributed by atoms with E-state index in [0.29, 0.717) is 12.2 Å². The Hall–Kier alpha value is -2.18. The van der Waals surface area contributed by atoms with Crippen molar-refractivity contribution in [3.05, 3.63) is 60.2 Å². The average Bonchev–Trinajstić information content (AvgIpc) is 2.48. The summed E-state index contributed by atoms with van der Waals surface area (Å²) < 4.78 is 26.0. The number of carbonyl (C=O) groups excluding carboxylic acids is 1. The standard InChI is InChI=1S/C16H18N2O3S/c1-2-17-22(20,21)15-10-8-14(9-11-15)18-16(19)12-13-6-4-3-5-7-13/h3-11,17H,2,12H2,1H3,(H,18,19). The van der Waals surface area contributed by atoms with E-state index in [2.05, 4.69) is 10.0 Å². The average molecular weight is 318 g/mol. The molecule has 0 aliphatic rings. The first-order valence-corrected chi connectivity index (χ1v) is 8.43. The number of rotatable bonds is 6. The van der Waals surface area contributed by atoms with Crippen molar-refractivity contribution in [1.29, 1.82) is 0 Å². The molecule has 2 aromatic carbocycles. The second-order valence-electron chi connectivity index (χ2n) is 4.74. The van der Waals surface area contributed by atoms with Crippen molar-refractivity contribution < 1.29 is 13.2 Å². The zero-order chi connectivity index (χ0) is 16.0. The summed E-state index contributed by atoms with van der Waals surface area (Å²) in [6.45, 7) is 2.05. The zero-order valence-electron chi connectivity index (χ0n) is 12.2. The smallest absolute Gasteiger partial charge is 0.240 e. The van der Waals surface area contributed by atoms with Crippen LogP contribution in [0.1, 0.15) is 12.5 Å². The summed E-state index contributed by atoms with van der Waals surface area (Å²) in [5, 5.41) is 2.75. The van der Waals surface area contributed by atoms with Crippen LogP contribution in [0.15, 0.2) is 59.5 Å². The molecule has 2 aromatic rings. The monoisotopic (exact) mass is 318 g/mol. The van der Waals surface area contributed by atoms with Crippen LogP contribution in [-0.4, -0.2) is 20.9 Å².